The number of hydrogen-bond donors (Lipinski definition) is 2. The molecule has 0 saturated heterocycles. The minimum Gasteiger partial charge on any atom is -0.388 e. The van der Waals surface area contributed by atoms with Gasteiger partial charge in [-0.2, -0.15) is 0 Å². The summed E-state index contributed by atoms with van der Waals surface area (Å²) < 4.78 is 0. The van der Waals surface area contributed by atoms with E-state index in [1.165, 1.54) is 17.5 Å². The minimum atomic E-state index is -0.582. The first-order valence-corrected chi connectivity index (χ1v) is 7.22. The summed E-state index contributed by atoms with van der Waals surface area (Å²) in [6.07, 6.45) is 6.48. The summed E-state index contributed by atoms with van der Waals surface area (Å²) >= 11 is 0. The van der Waals surface area contributed by atoms with Crippen LogP contribution in [0.1, 0.15) is 50.2 Å². The molecule has 2 N–H and O–H groups in total. The van der Waals surface area contributed by atoms with Crippen LogP contribution < -0.4 is 5.32 Å². The summed E-state index contributed by atoms with van der Waals surface area (Å²) in [6.45, 7) is 3.16. The molecular weight excluding hydrogens is 222 g/mol. The van der Waals surface area contributed by atoms with Crippen molar-refractivity contribution in [2.24, 2.45) is 0 Å². The van der Waals surface area contributed by atoms with Gasteiger partial charge in [0.25, 0.3) is 0 Å². The second-order valence-electron chi connectivity index (χ2n) is 6.05. The third-order valence-electron chi connectivity index (χ3n) is 5.04. The highest BCUT2D eigenvalue weighted by atomic mass is 16.3. The van der Waals surface area contributed by atoms with Crippen LogP contribution in [0.15, 0.2) is 24.3 Å². The van der Waals surface area contributed by atoms with Crippen LogP contribution in [-0.2, 0) is 12.0 Å². The van der Waals surface area contributed by atoms with Crippen molar-refractivity contribution in [3.05, 3.63) is 35.4 Å². The molecule has 1 heterocycles. The molecule has 1 saturated carbocycles. The predicted molar refractivity (Wildman–Crippen MR) is 73.5 cm³/mol. The molecule has 2 heteroatoms. The van der Waals surface area contributed by atoms with E-state index in [1.54, 1.807) is 0 Å². The van der Waals surface area contributed by atoms with E-state index in [9.17, 15) is 5.11 Å². The molecule has 1 fully saturated rings. The van der Waals surface area contributed by atoms with E-state index >= 15 is 0 Å². The van der Waals surface area contributed by atoms with Crippen LogP contribution in [0.5, 0.6) is 0 Å². The first-order valence-electron chi connectivity index (χ1n) is 7.22. The number of rotatable bonds is 1. The normalized spacial score (nSPS) is 30.8. The van der Waals surface area contributed by atoms with Crippen molar-refractivity contribution < 1.29 is 5.11 Å². The van der Waals surface area contributed by atoms with Crippen molar-refractivity contribution in [3.8, 4) is 0 Å². The van der Waals surface area contributed by atoms with Gasteiger partial charge in [-0.3, -0.25) is 0 Å². The molecule has 3 rings (SSSR count). The molecule has 1 aromatic rings. The third kappa shape index (κ3) is 1.70. The fraction of sp³-hybridized carbons (Fsp3) is 0.625. The third-order valence-corrected chi connectivity index (χ3v) is 5.04. The van der Waals surface area contributed by atoms with E-state index in [-0.39, 0.29) is 5.54 Å². The molecule has 2 aliphatic rings. The number of nitrogens with one attached hydrogen (secondary N) is 1. The molecule has 1 atom stereocenters. The zero-order valence-electron chi connectivity index (χ0n) is 11.2. The van der Waals surface area contributed by atoms with Gasteiger partial charge in [-0.05, 0) is 37.3 Å². The van der Waals surface area contributed by atoms with E-state index in [2.05, 4.69) is 36.5 Å². The number of fused-ring (bicyclic) bond motifs is 1. The van der Waals surface area contributed by atoms with Gasteiger partial charge < -0.3 is 10.4 Å². The van der Waals surface area contributed by atoms with Crippen molar-refractivity contribution >= 4 is 0 Å². The monoisotopic (exact) mass is 245 g/mol. The van der Waals surface area contributed by atoms with Gasteiger partial charge in [0, 0.05) is 6.54 Å². The first-order chi connectivity index (χ1) is 8.66. The highest BCUT2D eigenvalue weighted by Crippen LogP contribution is 2.44. The van der Waals surface area contributed by atoms with Crippen molar-refractivity contribution in [1.29, 1.82) is 0 Å². The van der Waals surface area contributed by atoms with Crippen LogP contribution in [0, 0.1) is 0 Å². The highest BCUT2D eigenvalue weighted by molar-refractivity contribution is 5.38. The fourth-order valence-corrected chi connectivity index (χ4v) is 3.82. The Morgan fingerprint density at radius 3 is 2.61 bits per heavy atom. The zero-order valence-corrected chi connectivity index (χ0v) is 11.2. The van der Waals surface area contributed by atoms with Crippen LogP contribution in [0.25, 0.3) is 0 Å². The Balaban J connectivity index is 2.04. The molecule has 1 aliphatic carbocycles. The van der Waals surface area contributed by atoms with E-state index in [4.69, 9.17) is 0 Å². The quantitative estimate of drug-likeness (QED) is 0.797. The van der Waals surface area contributed by atoms with Gasteiger partial charge in [0.15, 0.2) is 0 Å². The lowest BCUT2D eigenvalue weighted by Gasteiger charge is -2.50. The summed E-state index contributed by atoms with van der Waals surface area (Å²) in [5, 5.41) is 14.8. The average Bonchev–Trinajstić information content (AvgIpc) is 2.40. The maximum atomic E-state index is 11.1. The predicted octanol–water partition coefficient (Wildman–Crippen LogP) is 2.74. The van der Waals surface area contributed by atoms with Gasteiger partial charge in [-0.25, -0.2) is 0 Å². The molecule has 0 aromatic heterocycles. The Labute approximate surface area is 109 Å². The van der Waals surface area contributed by atoms with E-state index in [0.29, 0.717) is 0 Å². The van der Waals surface area contributed by atoms with Gasteiger partial charge in [-0.15, -0.1) is 0 Å². The Morgan fingerprint density at radius 1 is 1.11 bits per heavy atom. The second-order valence-corrected chi connectivity index (χ2v) is 6.05. The molecular formula is C16H23NO. The zero-order chi connectivity index (χ0) is 12.6. The van der Waals surface area contributed by atoms with E-state index in [0.717, 1.165) is 38.6 Å². The topological polar surface area (TPSA) is 32.3 Å². The lowest BCUT2D eigenvalue weighted by Crippen LogP contribution is -2.61. The fourth-order valence-electron chi connectivity index (χ4n) is 3.82. The SMILES string of the molecule is C[C@]1(C2(O)CCCCC2)NCCc2ccccc21. The highest BCUT2D eigenvalue weighted by Gasteiger charge is 2.49. The van der Waals surface area contributed by atoms with Gasteiger partial charge in [0.1, 0.15) is 0 Å². The lowest BCUT2D eigenvalue weighted by atomic mass is 9.66. The Morgan fingerprint density at radius 2 is 1.83 bits per heavy atom. The van der Waals surface area contributed by atoms with Crippen molar-refractivity contribution in [1.82, 2.24) is 5.32 Å². The summed E-state index contributed by atoms with van der Waals surface area (Å²) in [5.41, 5.74) is 1.85. The van der Waals surface area contributed by atoms with Crippen LogP contribution in [-0.4, -0.2) is 17.3 Å². The van der Waals surface area contributed by atoms with Crippen LogP contribution in [0.4, 0.5) is 0 Å². The summed E-state index contributed by atoms with van der Waals surface area (Å²) in [5.74, 6) is 0. The number of aliphatic hydroxyl groups is 1. The summed E-state index contributed by atoms with van der Waals surface area (Å²) in [4.78, 5) is 0. The van der Waals surface area contributed by atoms with Crippen LogP contribution >= 0.6 is 0 Å². The van der Waals surface area contributed by atoms with Gasteiger partial charge in [-0.1, -0.05) is 43.5 Å². The molecule has 1 aliphatic heterocycles. The Kier molecular flexibility index (Phi) is 2.95. The maximum Gasteiger partial charge on any atom is 0.0867 e. The summed E-state index contributed by atoms with van der Waals surface area (Å²) in [6, 6.07) is 8.60. The van der Waals surface area contributed by atoms with Crippen LogP contribution in [0.2, 0.25) is 0 Å². The minimum absolute atomic E-state index is 0.276. The first kappa shape index (κ1) is 12.2. The molecule has 2 nitrogen and oxygen atoms in total. The number of hydrogen-bond acceptors (Lipinski definition) is 2. The van der Waals surface area contributed by atoms with Crippen LogP contribution in [0.3, 0.4) is 0 Å². The Hall–Kier alpha value is -0.860. The lowest BCUT2D eigenvalue weighted by molar-refractivity contribution is -0.0786. The van der Waals surface area contributed by atoms with Gasteiger partial charge in [0.2, 0.25) is 0 Å². The average molecular weight is 245 g/mol. The molecule has 1 aromatic carbocycles. The molecule has 0 spiro atoms. The molecule has 98 valence electrons. The molecule has 0 radical (unpaired) electrons. The van der Waals surface area contributed by atoms with E-state index in [1.807, 2.05) is 0 Å². The number of benzene rings is 1. The van der Waals surface area contributed by atoms with Crippen molar-refractivity contribution in [2.45, 2.75) is 56.6 Å². The largest absolute Gasteiger partial charge is 0.388 e. The Bertz CT molecular complexity index is 436. The van der Waals surface area contributed by atoms with E-state index < -0.39 is 5.60 Å². The van der Waals surface area contributed by atoms with Gasteiger partial charge in [0.05, 0.1) is 11.1 Å². The van der Waals surface area contributed by atoms with Crippen molar-refractivity contribution in [2.75, 3.05) is 6.54 Å². The standard InChI is InChI=1S/C16H23NO/c1-15(16(18)10-5-2-6-11-16)14-8-4-3-7-13(14)9-12-17-15/h3-4,7-8,17-18H,2,5-6,9-12H2,1H3/t15-/m0/s1. The smallest absolute Gasteiger partial charge is 0.0867 e. The summed E-state index contributed by atoms with van der Waals surface area (Å²) in [7, 11) is 0. The molecule has 0 unspecified atom stereocenters. The van der Waals surface area contributed by atoms with Crippen molar-refractivity contribution in [3.63, 3.8) is 0 Å². The molecule has 0 amide bonds. The molecule has 0 bridgehead atoms. The molecule has 18 heavy (non-hydrogen) atoms. The van der Waals surface area contributed by atoms with Gasteiger partial charge >= 0.3 is 0 Å². The second kappa shape index (κ2) is 4.36. The maximum absolute atomic E-state index is 11.1.